The standard InChI is InChI=1S/C16H20N4O2/c1-2-12-7-8-13(21)11-19(12)16(22)14-5-3-4-6-15(14)20-17-9-10-18-20/h3-6,9-10,12-13,21H,2,7-8,11H2,1H3/t12-,13-/m1/s1. The number of carbonyl (C=O) groups excluding carboxylic acids is 1. The van der Waals surface area contributed by atoms with Crippen LogP contribution in [0.1, 0.15) is 36.5 Å². The van der Waals surface area contributed by atoms with Crippen LogP contribution in [0.5, 0.6) is 0 Å². The smallest absolute Gasteiger partial charge is 0.256 e. The maximum absolute atomic E-state index is 13.0. The van der Waals surface area contributed by atoms with E-state index in [0.29, 0.717) is 17.8 Å². The van der Waals surface area contributed by atoms with Crippen molar-refractivity contribution >= 4 is 5.91 Å². The third kappa shape index (κ3) is 2.74. The molecule has 6 heteroatoms. The molecule has 0 radical (unpaired) electrons. The lowest BCUT2D eigenvalue weighted by Crippen LogP contribution is -2.48. The fourth-order valence-corrected chi connectivity index (χ4v) is 3.01. The van der Waals surface area contributed by atoms with Crippen molar-refractivity contribution < 1.29 is 9.90 Å². The summed E-state index contributed by atoms with van der Waals surface area (Å²) in [7, 11) is 0. The van der Waals surface area contributed by atoms with Crippen molar-refractivity contribution in [1.29, 1.82) is 0 Å². The summed E-state index contributed by atoms with van der Waals surface area (Å²) in [6.45, 7) is 2.46. The van der Waals surface area contributed by atoms with E-state index >= 15 is 0 Å². The van der Waals surface area contributed by atoms with Gasteiger partial charge >= 0.3 is 0 Å². The van der Waals surface area contributed by atoms with E-state index in [4.69, 9.17) is 0 Å². The molecule has 0 aliphatic carbocycles. The Bertz CT molecular complexity index is 641. The number of aromatic nitrogens is 3. The second kappa shape index (κ2) is 6.27. The lowest BCUT2D eigenvalue weighted by atomic mass is 9.97. The van der Waals surface area contributed by atoms with Gasteiger partial charge in [-0.2, -0.15) is 15.0 Å². The Balaban J connectivity index is 1.95. The lowest BCUT2D eigenvalue weighted by Gasteiger charge is -2.38. The van der Waals surface area contributed by atoms with Gasteiger partial charge in [0.15, 0.2) is 0 Å². The molecule has 1 N–H and O–H groups in total. The van der Waals surface area contributed by atoms with Gasteiger partial charge in [-0.3, -0.25) is 4.79 Å². The van der Waals surface area contributed by atoms with Gasteiger partial charge in [0.1, 0.15) is 0 Å². The highest BCUT2D eigenvalue weighted by Gasteiger charge is 2.31. The molecule has 116 valence electrons. The number of aliphatic hydroxyl groups excluding tert-OH is 1. The highest BCUT2D eigenvalue weighted by molar-refractivity contribution is 5.98. The van der Waals surface area contributed by atoms with E-state index in [1.165, 1.54) is 4.80 Å². The minimum atomic E-state index is -0.443. The summed E-state index contributed by atoms with van der Waals surface area (Å²) in [5, 5.41) is 18.1. The van der Waals surface area contributed by atoms with E-state index < -0.39 is 6.10 Å². The highest BCUT2D eigenvalue weighted by Crippen LogP contribution is 2.24. The number of β-amino-alcohol motifs (C(OH)–C–C–N with tert-alkyl or cyclic N) is 1. The molecule has 2 atom stereocenters. The van der Waals surface area contributed by atoms with Gasteiger partial charge in [0.05, 0.1) is 29.7 Å². The molecule has 3 rings (SSSR count). The fourth-order valence-electron chi connectivity index (χ4n) is 3.01. The van der Waals surface area contributed by atoms with E-state index in [1.54, 1.807) is 23.4 Å². The van der Waals surface area contributed by atoms with Crippen LogP contribution < -0.4 is 0 Å². The van der Waals surface area contributed by atoms with Gasteiger partial charge in [-0.05, 0) is 31.4 Å². The van der Waals surface area contributed by atoms with Gasteiger partial charge in [-0.15, -0.1) is 0 Å². The molecule has 6 nitrogen and oxygen atoms in total. The number of aliphatic hydroxyl groups is 1. The number of amides is 1. The number of likely N-dealkylation sites (tertiary alicyclic amines) is 1. The van der Waals surface area contributed by atoms with Crippen molar-refractivity contribution in [3.05, 3.63) is 42.2 Å². The van der Waals surface area contributed by atoms with E-state index in [9.17, 15) is 9.90 Å². The molecular weight excluding hydrogens is 280 g/mol. The predicted octanol–water partition coefficient (Wildman–Crippen LogP) is 1.64. The van der Waals surface area contributed by atoms with Crippen molar-refractivity contribution in [3.8, 4) is 5.69 Å². The average molecular weight is 300 g/mol. The number of carbonyl (C=O) groups is 1. The summed E-state index contributed by atoms with van der Waals surface area (Å²) >= 11 is 0. The van der Waals surface area contributed by atoms with Crippen molar-refractivity contribution in [3.63, 3.8) is 0 Å². The first-order valence-corrected chi connectivity index (χ1v) is 7.65. The third-order valence-electron chi connectivity index (χ3n) is 4.18. The quantitative estimate of drug-likeness (QED) is 0.935. The van der Waals surface area contributed by atoms with Crippen LogP contribution in [0.25, 0.3) is 5.69 Å². The number of hydrogen-bond acceptors (Lipinski definition) is 4. The normalized spacial score (nSPS) is 21.8. The molecule has 2 aromatic rings. The second-order valence-electron chi connectivity index (χ2n) is 5.59. The zero-order chi connectivity index (χ0) is 15.5. The van der Waals surface area contributed by atoms with Crippen molar-refractivity contribution in [2.75, 3.05) is 6.54 Å². The average Bonchev–Trinajstić information content (AvgIpc) is 3.08. The van der Waals surface area contributed by atoms with Crippen LogP contribution >= 0.6 is 0 Å². The molecule has 22 heavy (non-hydrogen) atoms. The Kier molecular flexibility index (Phi) is 4.20. The first kappa shape index (κ1) is 14.7. The van der Waals surface area contributed by atoms with Gasteiger partial charge in [0, 0.05) is 12.6 Å². The van der Waals surface area contributed by atoms with Crippen LogP contribution in [0.3, 0.4) is 0 Å². The van der Waals surface area contributed by atoms with Crippen molar-refractivity contribution in [2.24, 2.45) is 0 Å². The van der Waals surface area contributed by atoms with Crippen LogP contribution in [0.4, 0.5) is 0 Å². The van der Waals surface area contributed by atoms with Gasteiger partial charge in [-0.1, -0.05) is 19.1 Å². The number of hydrogen-bond donors (Lipinski definition) is 1. The predicted molar refractivity (Wildman–Crippen MR) is 81.7 cm³/mol. The molecule has 1 aliphatic rings. The molecule has 2 heterocycles. The largest absolute Gasteiger partial charge is 0.391 e. The lowest BCUT2D eigenvalue weighted by molar-refractivity contribution is 0.0266. The third-order valence-corrected chi connectivity index (χ3v) is 4.18. The van der Waals surface area contributed by atoms with Crippen LogP contribution in [0.15, 0.2) is 36.7 Å². The van der Waals surface area contributed by atoms with Crippen molar-refractivity contribution in [2.45, 2.75) is 38.3 Å². The molecular formula is C16H20N4O2. The molecule has 1 fully saturated rings. The summed E-state index contributed by atoms with van der Waals surface area (Å²) in [6.07, 6.45) is 5.21. The Morgan fingerprint density at radius 2 is 2.00 bits per heavy atom. The molecule has 0 saturated carbocycles. The minimum absolute atomic E-state index is 0.0708. The summed E-state index contributed by atoms with van der Waals surface area (Å²) < 4.78 is 0. The summed E-state index contributed by atoms with van der Waals surface area (Å²) in [5.41, 5.74) is 1.22. The van der Waals surface area contributed by atoms with Crippen LogP contribution in [-0.2, 0) is 0 Å². The van der Waals surface area contributed by atoms with Gasteiger partial charge in [-0.25, -0.2) is 0 Å². The number of benzene rings is 1. The SMILES string of the molecule is CC[C@@H]1CC[C@@H](O)CN1C(=O)c1ccccc1-n1nccn1. The summed E-state index contributed by atoms with van der Waals surface area (Å²) in [4.78, 5) is 16.2. The molecule has 1 amide bonds. The van der Waals surface area contributed by atoms with Gasteiger partial charge in [0.25, 0.3) is 5.91 Å². The summed E-state index contributed by atoms with van der Waals surface area (Å²) in [5.74, 6) is -0.0708. The Morgan fingerprint density at radius 1 is 1.27 bits per heavy atom. The van der Waals surface area contributed by atoms with Gasteiger partial charge < -0.3 is 10.0 Å². The van der Waals surface area contributed by atoms with E-state index in [-0.39, 0.29) is 11.9 Å². The van der Waals surface area contributed by atoms with E-state index in [2.05, 4.69) is 17.1 Å². The Morgan fingerprint density at radius 3 is 2.73 bits per heavy atom. The first-order chi connectivity index (χ1) is 10.7. The van der Waals surface area contributed by atoms with Crippen LogP contribution in [0.2, 0.25) is 0 Å². The number of para-hydroxylation sites is 1. The number of piperidine rings is 1. The zero-order valence-electron chi connectivity index (χ0n) is 12.6. The molecule has 1 aliphatic heterocycles. The van der Waals surface area contributed by atoms with Gasteiger partial charge in [0.2, 0.25) is 0 Å². The molecule has 0 bridgehead atoms. The fraction of sp³-hybridized carbons (Fsp3) is 0.438. The monoisotopic (exact) mass is 300 g/mol. The zero-order valence-corrected chi connectivity index (χ0v) is 12.6. The number of rotatable bonds is 3. The second-order valence-corrected chi connectivity index (χ2v) is 5.59. The molecule has 0 spiro atoms. The van der Waals surface area contributed by atoms with E-state index in [1.807, 2.05) is 18.2 Å². The minimum Gasteiger partial charge on any atom is -0.391 e. The first-order valence-electron chi connectivity index (χ1n) is 7.65. The van der Waals surface area contributed by atoms with Crippen molar-refractivity contribution in [1.82, 2.24) is 19.9 Å². The highest BCUT2D eigenvalue weighted by atomic mass is 16.3. The van der Waals surface area contributed by atoms with Crippen LogP contribution in [0, 0.1) is 0 Å². The number of nitrogens with zero attached hydrogens (tertiary/aromatic N) is 4. The molecule has 1 aromatic carbocycles. The van der Waals surface area contributed by atoms with Crippen LogP contribution in [-0.4, -0.2) is 49.6 Å². The van der Waals surface area contributed by atoms with E-state index in [0.717, 1.165) is 19.3 Å². The maximum Gasteiger partial charge on any atom is 0.256 e. The molecule has 0 unspecified atom stereocenters. The Labute approximate surface area is 129 Å². The maximum atomic E-state index is 13.0. The molecule has 1 saturated heterocycles. The Hall–Kier alpha value is -2.21. The summed E-state index contributed by atoms with van der Waals surface area (Å²) in [6, 6.07) is 7.48. The topological polar surface area (TPSA) is 71.2 Å². The molecule has 1 aromatic heterocycles.